The van der Waals surface area contributed by atoms with Crippen LogP contribution in [0.4, 0.5) is 5.69 Å². The van der Waals surface area contributed by atoms with Gasteiger partial charge in [0.15, 0.2) is 0 Å². The lowest BCUT2D eigenvalue weighted by Gasteiger charge is -2.37. The van der Waals surface area contributed by atoms with E-state index in [4.69, 9.17) is 0 Å². The van der Waals surface area contributed by atoms with Gasteiger partial charge in [-0.1, -0.05) is 191 Å². The zero-order chi connectivity index (χ0) is 39.4. The topological polar surface area (TPSA) is 3.24 Å². The second-order valence-corrected chi connectivity index (χ2v) is 16.1. The first-order valence-electron chi connectivity index (χ1n) is 20.9. The molecule has 1 nitrogen and oxygen atoms in total. The number of hydrogen-bond donors (Lipinski definition) is 0. The van der Waals surface area contributed by atoms with Crippen LogP contribution in [0.2, 0.25) is 0 Å². The fraction of sp³-hybridized carbons (Fsp3) is 0.140. The van der Waals surface area contributed by atoms with Gasteiger partial charge in [-0.25, -0.2) is 0 Å². The van der Waals surface area contributed by atoms with Gasteiger partial charge in [-0.3, -0.25) is 0 Å². The van der Waals surface area contributed by atoms with Crippen molar-refractivity contribution in [3.05, 3.63) is 250 Å². The standard InChI is InChI=1S/C55H41N.C2H6/c1-54(2)50-23-13-20-46(50)49-33-28-42(36-53(49)54)55(51-21-11-9-18-47(51)48-19-10-12-22-52(48)55)41-27-32-45(35-41)56(44-31-26-40(34-44)38-16-7-4-8-17-38)43-29-24-39(25-30-43)37-14-5-3-6-15-37;1-2/h3-19,21-33,36H,20,35H2,1-2H3;1-2H3. The van der Waals surface area contributed by atoms with Gasteiger partial charge in [0.05, 0.1) is 11.1 Å². The first kappa shape index (κ1) is 35.7. The Balaban J connectivity index is 0.00000201. The van der Waals surface area contributed by atoms with Crippen LogP contribution in [0.5, 0.6) is 0 Å². The van der Waals surface area contributed by atoms with E-state index in [9.17, 15) is 0 Å². The Morgan fingerprint density at radius 2 is 1.17 bits per heavy atom. The third-order valence-electron chi connectivity index (χ3n) is 12.9. The molecule has 0 spiro atoms. The van der Waals surface area contributed by atoms with E-state index in [0.29, 0.717) is 0 Å². The Bertz CT molecular complexity index is 2780. The Labute approximate surface area is 343 Å². The lowest BCUT2D eigenvalue weighted by atomic mass is 9.65. The number of hydrogen-bond acceptors (Lipinski definition) is 1. The van der Waals surface area contributed by atoms with Crippen molar-refractivity contribution in [1.82, 2.24) is 0 Å². The highest BCUT2D eigenvalue weighted by Crippen LogP contribution is 2.60. The number of anilines is 1. The number of rotatable bonds is 7. The Kier molecular flexibility index (Phi) is 8.67. The number of fused-ring (bicyclic) bond motifs is 5. The fourth-order valence-electron chi connectivity index (χ4n) is 10.2. The summed E-state index contributed by atoms with van der Waals surface area (Å²) in [4.78, 5) is 2.43. The van der Waals surface area contributed by atoms with Gasteiger partial charge >= 0.3 is 0 Å². The molecule has 280 valence electrons. The van der Waals surface area contributed by atoms with Crippen molar-refractivity contribution in [1.29, 1.82) is 0 Å². The first-order valence-corrected chi connectivity index (χ1v) is 20.9. The molecule has 0 N–H and O–H groups in total. The lowest BCUT2D eigenvalue weighted by Crippen LogP contribution is -2.31. The lowest BCUT2D eigenvalue weighted by molar-refractivity contribution is 0.648. The average molecular weight is 746 g/mol. The molecule has 0 saturated carbocycles. The van der Waals surface area contributed by atoms with Crippen LogP contribution in [0.25, 0.3) is 33.4 Å². The molecule has 0 saturated heterocycles. The first-order chi connectivity index (χ1) is 28.5. The van der Waals surface area contributed by atoms with Crippen LogP contribution in [0, 0.1) is 0 Å². The molecule has 58 heavy (non-hydrogen) atoms. The van der Waals surface area contributed by atoms with E-state index in [2.05, 4.69) is 213 Å². The smallest absolute Gasteiger partial charge is 0.0894 e. The van der Waals surface area contributed by atoms with Crippen LogP contribution in [-0.4, -0.2) is 0 Å². The van der Waals surface area contributed by atoms with Gasteiger partial charge in [-0.15, -0.1) is 0 Å². The van der Waals surface area contributed by atoms with E-state index >= 15 is 0 Å². The van der Waals surface area contributed by atoms with Crippen molar-refractivity contribution in [3.63, 3.8) is 0 Å². The van der Waals surface area contributed by atoms with Crippen LogP contribution >= 0.6 is 0 Å². The summed E-state index contributed by atoms with van der Waals surface area (Å²) in [6.07, 6.45) is 15.7. The summed E-state index contributed by atoms with van der Waals surface area (Å²) in [5.41, 5.74) is 25.4. The molecule has 1 heteroatoms. The van der Waals surface area contributed by atoms with Gasteiger partial charge in [0, 0.05) is 28.8 Å². The molecule has 6 aromatic rings. The predicted octanol–water partition coefficient (Wildman–Crippen LogP) is 14.6. The van der Waals surface area contributed by atoms with Crippen LogP contribution in [-0.2, 0) is 10.8 Å². The van der Waals surface area contributed by atoms with Gasteiger partial charge in [-0.2, -0.15) is 0 Å². The monoisotopic (exact) mass is 745 g/mol. The normalized spacial score (nSPS) is 17.0. The number of nitrogens with zero attached hydrogens (tertiary/aromatic N) is 1. The predicted molar refractivity (Wildman–Crippen MR) is 244 cm³/mol. The molecular formula is C57H47N. The molecule has 0 atom stereocenters. The van der Waals surface area contributed by atoms with Crippen molar-refractivity contribution in [3.8, 4) is 22.3 Å². The van der Waals surface area contributed by atoms with E-state index in [1.54, 1.807) is 0 Å². The van der Waals surface area contributed by atoms with Crippen molar-refractivity contribution >= 4 is 16.8 Å². The summed E-state index contributed by atoms with van der Waals surface area (Å²) in [6.45, 7) is 8.82. The molecule has 5 aliphatic carbocycles. The van der Waals surface area contributed by atoms with Crippen LogP contribution in [0.15, 0.2) is 216 Å². The summed E-state index contributed by atoms with van der Waals surface area (Å²) in [6, 6.07) is 56.0. The SMILES string of the molecule is CC.CC1(C)C2=C(CC=C2)c2ccc(C3(C4=CC=C(N(C5=C=C(c6ccccc6)C=C5)c5ccc(-c6ccccc6)cc5)C4)c4ccccc4-c4ccccc43)cc21. The highest BCUT2D eigenvalue weighted by molar-refractivity contribution is 5.89. The van der Waals surface area contributed by atoms with E-state index in [-0.39, 0.29) is 5.41 Å². The molecule has 0 bridgehead atoms. The summed E-state index contributed by atoms with van der Waals surface area (Å²) in [5, 5.41) is 0. The summed E-state index contributed by atoms with van der Waals surface area (Å²) in [5.74, 6) is 0. The fourth-order valence-corrected chi connectivity index (χ4v) is 10.2. The molecule has 6 aromatic carbocycles. The highest BCUT2D eigenvalue weighted by atomic mass is 15.2. The second kappa shape index (κ2) is 14.1. The Hall–Kier alpha value is -6.66. The molecule has 0 radical (unpaired) electrons. The minimum absolute atomic E-state index is 0.0488. The number of allylic oxidation sites excluding steroid dienone is 9. The van der Waals surface area contributed by atoms with Gasteiger partial charge < -0.3 is 4.90 Å². The molecular weight excluding hydrogens is 699 g/mol. The minimum atomic E-state index is -0.451. The molecule has 11 rings (SSSR count). The van der Waals surface area contributed by atoms with Crippen molar-refractivity contribution in [2.75, 3.05) is 4.90 Å². The molecule has 0 unspecified atom stereocenters. The van der Waals surface area contributed by atoms with Gasteiger partial charge in [-0.05, 0) is 109 Å². The van der Waals surface area contributed by atoms with Crippen LogP contribution < -0.4 is 4.90 Å². The maximum Gasteiger partial charge on any atom is 0.0894 e. The van der Waals surface area contributed by atoms with E-state index in [0.717, 1.165) is 29.8 Å². The van der Waals surface area contributed by atoms with Gasteiger partial charge in [0.1, 0.15) is 0 Å². The van der Waals surface area contributed by atoms with Gasteiger partial charge in [0.2, 0.25) is 0 Å². The second-order valence-electron chi connectivity index (χ2n) is 16.1. The van der Waals surface area contributed by atoms with Crippen molar-refractivity contribution in [2.45, 2.75) is 51.4 Å². The highest BCUT2D eigenvalue weighted by Gasteiger charge is 2.49. The van der Waals surface area contributed by atoms with Crippen molar-refractivity contribution in [2.24, 2.45) is 0 Å². The molecule has 0 amide bonds. The zero-order valence-electron chi connectivity index (χ0n) is 33.8. The van der Waals surface area contributed by atoms with E-state index in [1.807, 2.05) is 13.8 Å². The quantitative estimate of drug-likeness (QED) is 0.147. The van der Waals surface area contributed by atoms with Gasteiger partial charge in [0.25, 0.3) is 0 Å². The number of benzene rings is 6. The maximum atomic E-state index is 3.82. The van der Waals surface area contributed by atoms with Crippen molar-refractivity contribution < 1.29 is 0 Å². The third kappa shape index (κ3) is 5.38. The zero-order valence-corrected chi connectivity index (χ0v) is 33.8. The summed E-state index contributed by atoms with van der Waals surface area (Å²) >= 11 is 0. The van der Waals surface area contributed by atoms with E-state index in [1.165, 1.54) is 78.1 Å². The largest absolute Gasteiger partial charge is 0.307 e. The Morgan fingerprint density at radius 3 is 1.86 bits per heavy atom. The average Bonchev–Trinajstić information content (AvgIpc) is 4.14. The molecule has 0 heterocycles. The Morgan fingerprint density at radius 1 is 0.552 bits per heavy atom. The third-order valence-corrected chi connectivity index (χ3v) is 12.9. The molecule has 0 aromatic heterocycles. The van der Waals surface area contributed by atoms with E-state index < -0.39 is 5.41 Å². The van der Waals surface area contributed by atoms with Crippen LogP contribution in [0.3, 0.4) is 0 Å². The molecule has 0 fully saturated rings. The maximum absolute atomic E-state index is 3.82. The molecule has 0 aliphatic heterocycles. The minimum Gasteiger partial charge on any atom is -0.307 e. The summed E-state index contributed by atoms with van der Waals surface area (Å²) in [7, 11) is 0. The molecule has 5 aliphatic rings. The van der Waals surface area contributed by atoms with Crippen LogP contribution in [0.1, 0.15) is 73.9 Å². The summed E-state index contributed by atoms with van der Waals surface area (Å²) < 4.78 is 0.